The number of aromatic nitrogens is 1. The quantitative estimate of drug-likeness (QED) is 0.906. The number of hydrogen-bond donors (Lipinski definition) is 2. The lowest BCUT2D eigenvalue weighted by Crippen LogP contribution is -2.15. The highest BCUT2D eigenvalue weighted by Crippen LogP contribution is 2.26. The number of phenolic OH excluding ortho intramolecular Hbond substituents is 1. The van der Waals surface area contributed by atoms with Crippen molar-refractivity contribution < 1.29 is 9.90 Å². The molecule has 1 heterocycles. The second-order valence-corrected chi connectivity index (χ2v) is 4.57. The monoisotopic (exact) mass is 276 g/mol. The second-order valence-electron chi connectivity index (χ2n) is 4.16. The second kappa shape index (κ2) is 5.71. The van der Waals surface area contributed by atoms with Crippen LogP contribution in [0.25, 0.3) is 0 Å². The number of aryl methyl sites for hydroxylation is 1. The molecular weight excluding hydrogens is 264 g/mol. The molecule has 2 N–H and O–H groups in total. The Balaban J connectivity index is 2.05. The molecule has 0 saturated heterocycles. The number of anilines is 1. The van der Waals surface area contributed by atoms with Gasteiger partial charge in [-0.15, -0.1) is 0 Å². The SMILES string of the molecule is Cc1cccnc1CC(=O)Nc1ccc(Cl)c(O)c1. The third kappa shape index (κ3) is 3.45. The Kier molecular flexibility index (Phi) is 4.02. The molecule has 0 aliphatic carbocycles. The van der Waals surface area contributed by atoms with Crippen LogP contribution in [-0.2, 0) is 11.2 Å². The number of halogens is 1. The van der Waals surface area contributed by atoms with Crippen LogP contribution in [0.15, 0.2) is 36.5 Å². The molecule has 0 radical (unpaired) electrons. The maximum Gasteiger partial charge on any atom is 0.230 e. The molecule has 0 atom stereocenters. The zero-order valence-corrected chi connectivity index (χ0v) is 11.1. The largest absolute Gasteiger partial charge is 0.506 e. The molecule has 2 rings (SSSR count). The predicted octanol–water partition coefficient (Wildman–Crippen LogP) is 2.93. The fraction of sp³-hybridized carbons (Fsp3) is 0.143. The third-order valence-corrected chi connectivity index (χ3v) is 3.00. The van der Waals surface area contributed by atoms with Crippen molar-refractivity contribution in [1.82, 2.24) is 4.98 Å². The highest BCUT2D eigenvalue weighted by Gasteiger charge is 2.08. The first-order chi connectivity index (χ1) is 9.06. The zero-order valence-electron chi connectivity index (χ0n) is 10.4. The molecule has 1 aromatic heterocycles. The first kappa shape index (κ1) is 13.4. The summed E-state index contributed by atoms with van der Waals surface area (Å²) >= 11 is 5.70. The molecule has 0 aliphatic heterocycles. The van der Waals surface area contributed by atoms with Gasteiger partial charge in [0.2, 0.25) is 5.91 Å². The molecule has 19 heavy (non-hydrogen) atoms. The molecule has 0 bridgehead atoms. The summed E-state index contributed by atoms with van der Waals surface area (Å²) in [5.41, 5.74) is 2.20. The lowest BCUT2D eigenvalue weighted by atomic mass is 10.1. The highest BCUT2D eigenvalue weighted by atomic mass is 35.5. The molecule has 1 aromatic carbocycles. The van der Waals surface area contributed by atoms with Crippen molar-refractivity contribution in [2.24, 2.45) is 0 Å². The Bertz CT molecular complexity index is 614. The van der Waals surface area contributed by atoms with Crippen LogP contribution in [0.3, 0.4) is 0 Å². The van der Waals surface area contributed by atoms with Crippen LogP contribution in [0.1, 0.15) is 11.3 Å². The average Bonchev–Trinajstić information content (AvgIpc) is 2.37. The molecule has 2 aromatic rings. The molecule has 98 valence electrons. The summed E-state index contributed by atoms with van der Waals surface area (Å²) in [5, 5.41) is 12.4. The summed E-state index contributed by atoms with van der Waals surface area (Å²) in [5.74, 6) is -0.253. The van der Waals surface area contributed by atoms with Gasteiger partial charge in [0, 0.05) is 18.0 Å². The molecular formula is C14H13ClN2O2. The van der Waals surface area contributed by atoms with Crippen molar-refractivity contribution in [3.8, 4) is 5.75 Å². The van der Waals surface area contributed by atoms with Gasteiger partial charge >= 0.3 is 0 Å². The number of benzene rings is 1. The molecule has 0 unspecified atom stereocenters. The molecule has 0 fully saturated rings. The van der Waals surface area contributed by atoms with Gasteiger partial charge < -0.3 is 10.4 Å². The Hall–Kier alpha value is -2.07. The van der Waals surface area contributed by atoms with Gasteiger partial charge in [0.1, 0.15) is 5.75 Å². The van der Waals surface area contributed by atoms with E-state index in [0.29, 0.717) is 5.69 Å². The van der Waals surface area contributed by atoms with Gasteiger partial charge in [-0.3, -0.25) is 9.78 Å². The van der Waals surface area contributed by atoms with E-state index in [1.807, 2.05) is 19.1 Å². The lowest BCUT2D eigenvalue weighted by Gasteiger charge is -2.07. The van der Waals surface area contributed by atoms with Crippen LogP contribution in [0.2, 0.25) is 5.02 Å². The normalized spacial score (nSPS) is 10.2. The number of carbonyl (C=O) groups is 1. The minimum absolute atomic E-state index is 0.0616. The van der Waals surface area contributed by atoms with E-state index in [0.717, 1.165) is 11.3 Å². The number of nitrogens with zero attached hydrogens (tertiary/aromatic N) is 1. The number of hydrogen-bond acceptors (Lipinski definition) is 3. The fourth-order valence-corrected chi connectivity index (χ4v) is 1.77. The average molecular weight is 277 g/mol. The van der Waals surface area contributed by atoms with Crippen LogP contribution < -0.4 is 5.32 Å². The van der Waals surface area contributed by atoms with E-state index in [-0.39, 0.29) is 23.1 Å². The smallest absolute Gasteiger partial charge is 0.230 e. The number of amides is 1. The summed E-state index contributed by atoms with van der Waals surface area (Å²) in [6.07, 6.45) is 1.85. The first-order valence-corrected chi connectivity index (χ1v) is 6.13. The van der Waals surface area contributed by atoms with Gasteiger partial charge in [-0.25, -0.2) is 0 Å². The minimum Gasteiger partial charge on any atom is -0.506 e. The number of pyridine rings is 1. The molecule has 5 heteroatoms. The van der Waals surface area contributed by atoms with E-state index in [9.17, 15) is 9.90 Å². The van der Waals surface area contributed by atoms with Gasteiger partial charge in [-0.1, -0.05) is 17.7 Å². The number of phenols is 1. The van der Waals surface area contributed by atoms with Crippen LogP contribution in [-0.4, -0.2) is 16.0 Å². The molecule has 4 nitrogen and oxygen atoms in total. The van der Waals surface area contributed by atoms with Gasteiger partial charge in [-0.05, 0) is 30.7 Å². The summed E-state index contributed by atoms with van der Waals surface area (Å²) in [4.78, 5) is 16.0. The predicted molar refractivity (Wildman–Crippen MR) is 74.4 cm³/mol. The van der Waals surface area contributed by atoms with E-state index >= 15 is 0 Å². The van der Waals surface area contributed by atoms with Crippen molar-refractivity contribution in [2.45, 2.75) is 13.3 Å². The number of nitrogens with one attached hydrogen (secondary N) is 1. The van der Waals surface area contributed by atoms with Crippen molar-refractivity contribution in [2.75, 3.05) is 5.32 Å². The van der Waals surface area contributed by atoms with Gasteiger partial charge in [0.15, 0.2) is 0 Å². The first-order valence-electron chi connectivity index (χ1n) is 5.75. The topological polar surface area (TPSA) is 62.2 Å². The Labute approximate surface area is 116 Å². The van der Waals surface area contributed by atoms with Crippen molar-refractivity contribution in [3.05, 3.63) is 52.8 Å². The summed E-state index contributed by atoms with van der Waals surface area (Å²) in [6, 6.07) is 8.30. The van der Waals surface area contributed by atoms with Crippen molar-refractivity contribution in [1.29, 1.82) is 0 Å². The Morgan fingerprint density at radius 3 is 2.89 bits per heavy atom. The molecule has 0 aliphatic rings. The summed E-state index contributed by atoms with van der Waals surface area (Å²) in [6.45, 7) is 1.91. The van der Waals surface area contributed by atoms with E-state index < -0.39 is 0 Å². The van der Waals surface area contributed by atoms with E-state index in [1.54, 1.807) is 12.3 Å². The minimum atomic E-state index is -0.191. The zero-order chi connectivity index (χ0) is 13.8. The highest BCUT2D eigenvalue weighted by molar-refractivity contribution is 6.32. The van der Waals surface area contributed by atoms with E-state index in [2.05, 4.69) is 10.3 Å². The third-order valence-electron chi connectivity index (χ3n) is 2.68. The van der Waals surface area contributed by atoms with Crippen LogP contribution in [0, 0.1) is 6.92 Å². The number of aromatic hydroxyl groups is 1. The Morgan fingerprint density at radius 1 is 1.42 bits per heavy atom. The summed E-state index contributed by atoms with van der Waals surface area (Å²) < 4.78 is 0. The standard InChI is InChI=1S/C14H13ClN2O2/c1-9-3-2-6-16-12(9)8-14(19)17-10-4-5-11(15)13(18)7-10/h2-7,18H,8H2,1H3,(H,17,19). The van der Waals surface area contributed by atoms with Gasteiger partial charge in [0.25, 0.3) is 0 Å². The summed E-state index contributed by atoms with van der Waals surface area (Å²) in [7, 11) is 0. The van der Waals surface area contributed by atoms with E-state index in [4.69, 9.17) is 11.6 Å². The van der Waals surface area contributed by atoms with Crippen LogP contribution >= 0.6 is 11.6 Å². The maximum absolute atomic E-state index is 11.9. The molecule has 0 saturated carbocycles. The fourth-order valence-electron chi connectivity index (χ4n) is 1.65. The molecule has 0 spiro atoms. The van der Waals surface area contributed by atoms with Gasteiger partial charge in [0.05, 0.1) is 17.1 Å². The van der Waals surface area contributed by atoms with Crippen LogP contribution in [0.4, 0.5) is 5.69 Å². The number of carbonyl (C=O) groups excluding carboxylic acids is 1. The maximum atomic E-state index is 11.9. The van der Waals surface area contributed by atoms with Gasteiger partial charge in [-0.2, -0.15) is 0 Å². The number of rotatable bonds is 3. The van der Waals surface area contributed by atoms with Crippen molar-refractivity contribution in [3.63, 3.8) is 0 Å². The van der Waals surface area contributed by atoms with E-state index in [1.165, 1.54) is 12.1 Å². The Morgan fingerprint density at radius 2 is 2.21 bits per heavy atom. The van der Waals surface area contributed by atoms with Crippen molar-refractivity contribution >= 4 is 23.2 Å². The lowest BCUT2D eigenvalue weighted by molar-refractivity contribution is -0.115. The van der Waals surface area contributed by atoms with Crippen LogP contribution in [0.5, 0.6) is 5.75 Å². The molecule has 1 amide bonds.